The highest BCUT2D eigenvalue weighted by Gasteiger charge is 2.29. The maximum Gasteiger partial charge on any atom is 0.336 e. The average Bonchev–Trinajstić information content (AvgIpc) is 2.46. The van der Waals surface area contributed by atoms with E-state index in [1.54, 1.807) is 21.9 Å². The smallest absolute Gasteiger partial charge is 0.336 e. The van der Waals surface area contributed by atoms with Crippen molar-refractivity contribution >= 4 is 11.8 Å². The molecular weight excluding hydrogens is 250 g/mol. The first-order valence-electron chi connectivity index (χ1n) is 6.17. The van der Waals surface area contributed by atoms with Crippen molar-refractivity contribution in [2.75, 3.05) is 31.7 Å². The Morgan fingerprint density at radius 2 is 2.42 bits per heavy atom. The molecule has 0 N–H and O–H groups in total. The normalized spacial score (nSPS) is 19.3. The van der Waals surface area contributed by atoms with Gasteiger partial charge >= 0.3 is 5.97 Å². The van der Waals surface area contributed by atoms with Gasteiger partial charge in [0.05, 0.1) is 20.3 Å². The van der Waals surface area contributed by atoms with Crippen LogP contribution in [0.5, 0.6) is 0 Å². The quantitative estimate of drug-likeness (QED) is 0.696. The number of nitrogens with zero attached hydrogens (tertiary/aromatic N) is 3. The molecule has 2 rings (SSSR count). The van der Waals surface area contributed by atoms with E-state index in [-0.39, 0.29) is 12.1 Å². The third-order valence-electron chi connectivity index (χ3n) is 3.07. The second kappa shape index (κ2) is 5.83. The molecule has 0 aromatic carbocycles. The van der Waals surface area contributed by atoms with Gasteiger partial charge in [-0.2, -0.15) is 0 Å². The number of anilines is 1. The Morgan fingerprint density at radius 3 is 3.11 bits per heavy atom. The molecule has 0 amide bonds. The number of aryl methyl sites for hydroxylation is 1. The second-order valence-electron chi connectivity index (χ2n) is 4.17. The molecule has 7 heteroatoms. The minimum absolute atomic E-state index is 0.157. The van der Waals surface area contributed by atoms with Gasteiger partial charge in [-0.25, -0.2) is 9.78 Å². The molecule has 19 heavy (non-hydrogen) atoms. The molecule has 1 saturated heterocycles. The van der Waals surface area contributed by atoms with Crippen molar-refractivity contribution in [2.45, 2.75) is 19.6 Å². The van der Waals surface area contributed by atoms with Gasteiger partial charge in [-0.1, -0.05) is 0 Å². The number of hydrogen-bond acceptors (Lipinski definition) is 6. The fourth-order valence-electron chi connectivity index (χ4n) is 2.02. The van der Waals surface area contributed by atoms with Crippen LogP contribution in [0.25, 0.3) is 0 Å². The Hall–Kier alpha value is -1.89. The van der Waals surface area contributed by atoms with Crippen LogP contribution in [0.15, 0.2) is 17.2 Å². The van der Waals surface area contributed by atoms with E-state index in [1.165, 1.54) is 7.11 Å². The van der Waals surface area contributed by atoms with Gasteiger partial charge in [-0.15, -0.1) is 0 Å². The van der Waals surface area contributed by atoms with E-state index in [1.807, 2.05) is 6.92 Å². The molecule has 0 aliphatic carbocycles. The number of hydrogen-bond donors (Lipinski definition) is 0. The number of morpholine rings is 1. The van der Waals surface area contributed by atoms with Crippen molar-refractivity contribution in [1.82, 2.24) is 9.55 Å². The Labute approximate surface area is 110 Å². The lowest BCUT2D eigenvalue weighted by Crippen LogP contribution is -2.48. The Kier molecular flexibility index (Phi) is 4.16. The SMILES string of the molecule is CCn1ccnc(N2CCOC(C(=O)OC)C2)c1=O. The Morgan fingerprint density at radius 1 is 1.63 bits per heavy atom. The molecule has 1 unspecified atom stereocenters. The number of methoxy groups -OCH3 is 1. The maximum absolute atomic E-state index is 12.1. The van der Waals surface area contributed by atoms with Gasteiger partial charge in [0.2, 0.25) is 0 Å². The lowest BCUT2D eigenvalue weighted by molar-refractivity contribution is -0.154. The lowest BCUT2D eigenvalue weighted by atomic mass is 10.2. The summed E-state index contributed by atoms with van der Waals surface area (Å²) in [7, 11) is 1.31. The van der Waals surface area contributed by atoms with Crippen LogP contribution in [0.4, 0.5) is 5.82 Å². The molecule has 1 aromatic heterocycles. The molecule has 0 spiro atoms. The molecule has 1 aliphatic rings. The van der Waals surface area contributed by atoms with Gasteiger partial charge in [0.25, 0.3) is 5.56 Å². The Bertz CT molecular complexity index is 514. The first kappa shape index (κ1) is 13.5. The molecule has 2 heterocycles. The average molecular weight is 267 g/mol. The Balaban J connectivity index is 2.22. The second-order valence-corrected chi connectivity index (χ2v) is 4.17. The van der Waals surface area contributed by atoms with Crippen LogP contribution in [-0.4, -0.2) is 48.4 Å². The minimum atomic E-state index is -0.671. The standard InChI is InChI=1S/C12H17N3O4/c1-3-14-5-4-13-10(11(14)16)15-6-7-19-9(8-15)12(17)18-2/h4-5,9H,3,6-8H2,1-2H3. The molecule has 1 aromatic rings. The van der Waals surface area contributed by atoms with Crippen molar-refractivity contribution in [3.8, 4) is 0 Å². The van der Waals surface area contributed by atoms with Crippen LogP contribution in [0, 0.1) is 0 Å². The van der Waals surface area contributed by atoms with E-state index in [2.05, 4.69) is 9.72 Å². The van der Waals surface area contributed by atoms with Crippen LogP contribution >= 0.6 is 0 Å². The summed E-state index contributed by atoms with van der Waals surface area (Å²) < 4.78 is 11.6. The van der Waals surface area contributed by atoms with Crippen LogP contribution in [0.3, 0.4) is 0 Å². The summed E-state index contributed by atoms with van der Waals surface area (Å²) in [6, 6.07) is 0. The summed E-state index contributed by atoms with van der Waals surface area (Å²) in [5, 5.41) is 0. The van der Waals surface area contributed by atoms with Gasteiger partial charge in [-0.05, 0) is 6.92 Å². The summed E-state index contributed by atoms with van der Waals surface area (Å²) in [6.07, 6.45) is 2.56. The first-order valence-corrected chi connectivity index (χ1v) is 6.17. The van der Waals surface area contributed by atoms with E-state index >= 15 is 0 Å². The maximum atomic E-state index is 12.1. The van der Waals surface area contributed by atoms with Crippen molar-refractivity contribution in [1.29, 1.82) is 0 Å². The molecule has 1 fully saturated rings. The van der Waals surface area contributed by atoms with Gasteiger partial charge in [0.1, 0.15) is 0 Å². The third-order valence-corrected chi connectivity index (χ3v) is 3.07. The number of esters is 1. The van der Waals surface area contributed by atoms with E-state index in [0.29, 0.717) is 25.5 Å². The molecular formula is C12H17N3O4. The molecule has 104 valence electrons. The molecule has 0 bridgehead atoms. The zero-order valence-electron chi connectivity index (χ0n) is 11.0. The molecule has 1 aliphatic heterocycles. The summed E-state index contributed by atoms with van der Waals surface area (Å²) in [5.41, 5.74) is -0.157. The van der Waals surface area contributed by atoms with E-state index in [4.69, 9.17) is 4.74 Å². The van der Waals surface area contributed by atoms with Gasteiger partial charge in [0, 0.05) is 25.5 Å². The summed E-state index contributed by atoms with van der Waals surface area (Å²) >= 11 is 0. The molecule has 1 atom stereocenters. The number of carbonyl (C=O) groups is 1. The monoisotopic (exact) mass is 267 g/mol. The van der Waals surface area contributed by atoms with Crippen LogP contribution in [0.1, 0.15) is 6.92 Å². The van der Waals surface area contributed by atoms with E-state index < -0.39 is 12.1 Å². The highest BCUT2D eigenvalue weighted by molar-refractivity contribution is 5.75. The van der Waals surface area contributed by atoms with Crippen molar-refractivity contribution in [2.24, 2.45) is 0 Å². The molecule has 0 radical (unpaired) electrons. The summed E-state index contributed by atoms with van der Waals surface area (Å²) in [4.78, 5) is 29.5. The third kappa shape index (κ3) is 2.76. The number of ether oxygens (including phenoxy) is 2. The minimum Gasteiger partial charge on any atom is -0.467 e. The highest BCUT2D eigenvalue weighted by atomic mass is 16.6. The zero-order valence-corrected chi connectivity index (χ0v) is 11.0. The van der Waals surface area contributed by atoms with Crippen molar-refractivity contribution in [3.05, 3.63) is 22.7 Å². The zero-order chi connectivity index (χ0) is 13.8. The number of rotatable bonds is 3. The van der Waals surface area contributed by atoms with Gasteiger partial charge in [-0.3, -0.25) is 4.79 Å². The molecule has 0 saturated carbocycles. The van der Waals surface area contributed by atoms with Crippen molar-refractivity contribution in [3.63, 3.8) is 0 Å². The van der Waals surface area contributed by atoms with Crippen LogP contribution < -0.4 is 10.5 Å². The first-order chi connectivity index (χ1) is 9.17. The predicted molar refractivity (Wildman–Crippen MR) is 68.1 cm³/mol. The van der Waals surface area contributed by atoms with Gasteiger partial charge in [0.15, 0.2) is 11.9 Å². The number of aromatic nitrogens is 2. The topological polar surface area (TPSA) is 73.7 Å². The fourth-order valence-corrected chi connectivity index (χ4v) is 2.02. The summed E-state index contributed by atoms with van der Waals surface area (Å²) in [5.74, 6) is -0.0852. The van der Waals surface area contributed by atoms with Crippen molar-refractivity contribution < 1.29 is 14.3 Å². The summed E-state index contributed by atoms with van der Waals surface area (Å²) in [6.45, 7) is 3.65. The van der Waals surface area contributed by atoms with Crippen LogP contribution in [-0.2, 0) is 20.8 Å². The van der Waals surface area contributed by atoms with Crippen LogP contribution in [0.2, 0.25) is 0 Å². The van der Waals surface area contributed by atoms with E-state index in [9.17, 15) is 9.59 Å². The highest BCUT2D eigenvalue weighted by Crippen LogP contribution is 2.11. The molecule has 7 nitrogen and oxygen atoms in total. The van der Waals surface area contributed by atoms with E-state index in [0.717, 1.165) is 0 Å². The fraction of sp³-hybridized carbons (Fsp3) is 0.583. The van der Waals surface area contributed by atoms with Gasteiger partial charge < -0.3 is 18.9 Å². The largest absolute Gasteiger partial charge is 0.467 e. The predicted octanol–water partition coefficient (Wildman–Crippen LogP) is -0.359. The lowest BCUT2D eigenvalue weighted by Gasteiger charge is -2.31. The number of carbonyl (C=O) groups excluding carboxylic acids is 1.